The number of likely N-dealkylation sites (N-methyl/N-ethyl adjacent to an activating group) is 1. The van der Waals surface area contributed by atoms with Gasteiger partial charge >= 0.3 is 198 Å². The van der Waals surface area contributed by atoms with Gasteiger partial charge in [0, 0.05) is 0 Å². The monoisotopic (exact) mass is 546 g/mol. The summed E-state index contributed by atoms with van der Waals surface area (Å²) in [5.74, 6) is -0.858. The maximum absolute atomic E-state index is 12.8. The van der Waals surface area contributed by atoms with Crippen molar-refractivity contribution in [2.24, 2.45) is 4.99 Å². The van der Waals surface area contributed by atoms with Crippen molar-refractivity contribution in [3.05, 3.63) is 81.2 Å². The van der Waals surface area contributed by atoms with Gasteiger partial charge in [0.05, 0.1) is 0 Å². The fourth-order valence-electron chi connectivity index (χ4n) is 5.54. The third-order valence-corrected chi connectivity index (χ3v) is 9.40. The molecule has 2 amide bonds. The summed E-state index contributed by atoms with van der Waals surface area (Å²) >= 11 is 4.29. The van der Waals surface area contributed by atoms with Crippen LogP contribution < -0.4 is 4.90 Å². The summed E-state index contributed by atoms with van der Waals surface area (Å²) in [6, 6.07) is 17.4. The van der Waals surface area contributed by atoms with Gasteiger partial charge in [0.15, 0.2) is 0 Å². The zero-order valence-corrected chi connectivity index (χ0v) is 22.7. The second-order valence-corrected chi connectivity index (χ2v) is 12.1. The first kappa shape index (κ1) is 22.5. The molecule has 7 heteroatoms. The SMILES string of the molecule is CN1C(=O)/C(=C/c2cc3c(s2)N2c4ccccc4C(C)(C)c4cccc(c42)C3(C)C)C(=O)N=C1[Se]. The Balaban J connectivity index is 1.60. The molecule has 0 fully saturated rings. The molecule has 0 aliphatic carbocycles. The molecule has 3 aliphatic rings. The molecule has 0 saturated carbocycles. The summed E-state index contributed by atoms with van der Waals surface area (Å²) in [6.45, 7) is 9.10. The number of rotatable bonds is 1. The molecule has 35 heavy (non-hydrogen) atoms. The molecule has 0 saturated heterocycles. The normalized spacial score (nSPS) is 20.4. The van der Waals surface area contributed by atoms with E-state index >= 15 is 0 Å². The van der Waals surface area contributed by atoms with E-state index in [1.807, 2.05) is 0 Å². The number of benzene rings is 2. The predicted octanol–water partition coefficient (Wildman–Crippen LogP) is 5.40. The Hall–Kier alpha value is -2.99. The first-order chi connectivity index (χ1) is 16.5. The van der Waals surface area contributed by atoms with E-state index in [1.165, 1.54) is 38.5 Å². The molecule has 2 aromatic carbocycles. The van der Waals surface area contributed by atoms with E-state index in [1.54, 1.807) is 24.5 Å². The molecule has 1 aromatic heterocycles. The zero-order valence-electron chi connectivity index (χ0n) is 20.2. The number of nitrogens with zero attached hydrogens (tertiary/aromatic N) is 3. The second kappa shape index (κ2) is 7.26. The number of fused-ring (bicyclic) bond motifs is 4. The minimum atomic E-state index is -0.511. The van der Waals surface area contributed by atoms with Gasteiger partial charge in [-0.2, -0.15) is 0 Å². The molecule has 175 valence electrons. The van der Waals surface area contributed by atoms with E-state index in [9.17, 15) is 9.59 Å². The van der Waals surface area contributed by atoms with Crippen molar-refractivity contribution in [2.75, 3.05) is 11.9 Å². The van der Waals surface area contributed by atoms with E-state index in [0.29, 0.717) is 4.73 Å². The molecule has 0 unspecified atom stereocenters. The second-order valence-electron chi connectivity index (χ2n) is 10.3. The third kappa shape index (κ3) is 2.95. The molecular formula is C28H24N3O2SSe. The molecule has 3 aliphatic heterocycles. The van der Waals surface area contributed by atoms with Gasteiger partial charge in [-0.3, -0.25) is 0 Å². The summed E-state index contributed by atoms with van der Waals surface area (Å²) in [6.07, 6.45) is 1.70. The Morgan fingerprint density at radius 2 is 1.54 bits per heavy atom. The average Bonchev–Trinajstić information content (AvgIpc) is 3.25. The van der Waals surface area contributed by atoms with Gasteiger partial charge in [0.1, 0.15) is 0 Å². The topological polar surface area (TPSA) is 53.0 Å². The van der Waals surface area contributed by atoms with Gasteiger partial charge in [0.2, 0.25) is 0 Å². The number of hydrogen-bond donors (Lipinski definition) is 0. The standard InChI is InChI=1S/C28H24N3O2SSe/c1-27(2)17-9-6-7-12-21(17)31-22-18(27)10-8-11-19(22)28(3,4)20-14-15(34-25(20)31)13-16-23(32)29-26(35)30(5)24(16)33/h6-14H,1-5H3/b16-13+. The fraction of sp³-hybridized carbons (Fsp3) is 0.250. The van der Waals surface area contributed by atoms with Crippen molar-refractivity contribution in [2.45, 2.75) is 38.5 Å². The van der Waals surface area contributed by atoms with Crippen LogP contribution in [0.2, 0.25) is 0 Å². The van der Waals surface area contributed by atoms with Crippen LogP contribution in [-0.2, 0) is 20.4 Å². The number of amides is 2. The number of anilines is 3. The van der Waals surface area contributed by atoms with E-state index in [0.717, 1.165) is 9.88 Å². The van der Waals surface area contributed by atoms with Gasteiger partial charge in [0.25, 0.3) is 0 Å². The molecule has 5 nitrogen and oxygen atoms in total. The Morgan fingerprint density at radius 3 is 2.26 bits per heavy atom. The van der Waals surface area contributed by atoms with Gasteiger partial charge < -0.3 is 0 Å². The number of aliphatic imine (C=N–C) groups is 1. The molecule has 0 atom stereocenters. The summed E-state index contributed by atoms with van der Waals surface area (Å²) in [4.78, 5) is 34.0. The zero-order chi connectivity index (χ0) is 24.9. The van der Waals surface area contributed by atoms with Crippen LogP contribution in [0.3, 0.4) is 0 Å². The van der Waals surface area contributed by atoms with Crippen LogP contribution in [0.25, 0.3) is 6.08 Å². The van der Waals surface area contributed by atoms with Crippen LogP contribution in [0.5, 0.6) is 0 Å². The third-order valence-electron chi connectivity index (χ3n) is 7.57. The first-order valence-corrected chi connectivity index (χ1v) is 13.2. The van der Waals surface area contributed by atoms with Crippen molar-refractivity contribution in [3.8, 4) is 0 Å². The molecule has 4 heterocycles. The van der Waals surface area contributed by atoms with Crippen LogP contribution >= 0.6 is 11.3 Å². The van der Waals surface area contributed by atoms with Gasteiger partial charge in [-0.05, 0) is 0 Å². The van der Waals surface area contributed by atoms with Crippen LogP contribution in [0.15, 0.2) is 59.1 Å². The molecule has 0 spiro atoms. The van der Waals surface area contributed by atoms with Gasteiger partial charge in [-0.25, -0.2) is 0 Å². The summed E-state index contributed by atoms with van der Waals surface area (Å²) in [5.41, 5.74) is 7.19. The first-order valence-electron chi connectivity index (χ1n) is 11.5. The molecule has 0 N–H and O–H groups in total. The van der Waals surface area contributed by atoms with Crippen LogP contribution in [0.4, 0.5) is 16.4 Å². The summed E-state index contributed by atoms with van der Waals surface area (Å²) < 4.78 is 0.291. The Labute approximate surface area is 217 Å². The Kier molecular flexibility index (Phi) is 4.66. The molecule has 0 bridgehead atoms. The molecule has 3 aromatic rings. The van der Waals surface area contributed by atoms with Gasteiger partial charge in [-0.1, -0.05) is 19.9 Å². The Morgan fingerprint density at radius 1 is 0.914 bits per heavy atom. The fourth-order valence-corrected chi connectivity index (χ4v) is 7.17. The summed E-state index contributed by atoms with van der Waals surface area (Å²) in [5, 5.41) is 1.13. The average molecular weight is 546 g/mol. The number of thiophene rings is 1. The van der Waals surface area contributed by atoms with E-state index in [-0.39, 0.29) is 22.3 Å². The number of hydrogen-bond acceptors (Lipinski definition) is 4. The quantitative estimate of drug-likeness (QED) is 0.234. The van der Waals surface area contributed by atoms with E-state index in [2.05, 4.69) is 102 Å². The number of amidine groups is 1. The van der Waals surface area contributed by atoms with Crippen LogP contribution in [-0.4, -0.2) is 44.5 Å². The van der Waals surface area contributed by atoms with E-state index in [4.69, 9.17) is 0 Å². The predicted molar refractivity (Wildman–Crippen MR) is 142 cm³/mol. The summed E-state index contributed by atoms with van der Waals surface area (Å²) in [7, 11) is 1.62. The Bertz CT molecular complexity index is 1530. The van der Waals surface area contributed by atoms with E-state index < -0.39 is 5.91 Å². The molecule has 6 rings (SSSR count). The number of carbonyl (C=O) groups is 2. The molecular weight excluding hydrogens is 521 g/mol. The number of carbonyl (C=O) groups excluding carboxylic acids is 2. The minimum absolute atomic E-state index is 0.0845. The van der Waals surface area contributed by atoms with Gasteiger partial charge in [-0.15, -0.1) is 0 Å². The van der Waals surface area contributed by atoms with Crippen molar-refractivity contribution in [3.63, 3.8) is 0 Å². The maximum atomic E-state index is 12.8. The van der Waals surface area contributed by atoms with Crippen LogP contribution in [0.1, 0.15) is 54.8 Å². The van der Waals surface area contributed by atoms with Crippen molar-refractivity contribution < 1.29 is 9.59 Å². The molecule has 1 radical (unpaired) electrons. The van der Waals surface area contributed by atoms with Crippen molar-refractivity contribution in [1.82, 2.24) is 4.90 Å². The van der Waals surface area contributed by atoms with Crippen LogP contribution in [0, 0.1) is 0 Å². The van der Waals surface area contributed by atoms with Crippen molar-refractivity contribution >= 4 is 66.3 Å². The van der Waals surface area contributed by atoms with Crippen molar-refractivity contribution in [1.29, 1.82) is 0 Å². The number of para-hydroxylation sites is 2.